The highest BCUT2D eigenvalue weighted by Gasteiger charge is 2.25. The second-order valence-electron chi connectivity index (χ2n) is 7.15. The molecule has 4 heteroatoms. The second-order valence-corrected chi connectivity index (χ2v) is 7.15. The summed E-state index contributed by atoms with van der Waals surface area (Å²) in [7, 11) is 2.35. The van der Waals surface area contributed by atoms with Crippen molar-refractivity contribution in [1.82, 2.24) is 15.1 Å². The second kappa shape index (κ2) is 9.63. The molecular formula is C19H32ClN3. The molecule has 23 heavy (non-hydrogen) atoms. The smallest absolute Gasteiger partial charge is 0.0234 e. The van der Waals surface area contributed by atoms with Gasteiger partial charge in [-0.15, -0.1) is 12.4 Å². The van der Waals surface area contributed by atoms with Crippen LogP contribution in [0.4, 0.5) is 0 Å². The minimum Gasteiger partial charge on any atom is -0.317 e. The molecule has 0 aliphatic carbocycles. The molecule has 1 atom stereocenters. The van der Waals surface area contributed by atoms with Crippen molar-refractivity contribution in [3.05, 3.63) is 35.9 Å². The number of rotatable bonds is 5. The third kappa shape index (κ3) is 5.75. The highest BCUT2D eigenvalue weighted by Crippen LogP contribution is 2.20. The van der Waals surface area contributed by atoms with Crippen molar-refractivity contribution in [3.8, 4) is 0 Å². The average Bonchev–Trinajstić information content (AvgIpc) is 2.57. The summed E-state index contributed by atoms with van der Waals surface area (Å²) in [4.78, 5) is 5.29. The van der Waals surface area contributed by atoms with E-state index in [-0.39, 0.29) is 12.4 Å². The summed E-state index contributed by atoms with van der Waals surface area (Å²) in [5, 5.41) is 3.48. The van der Waals surface area contributed by atoms with Gasteiger partial charge in [0.05, 0.1) is 0 Å². The fourth-order valence-corrected chi connectivity index (χ4v) is 4.00. The number of piperidine rings is 2. The van der Waals surface area contributed by atoms with Crippen LogP contribution in [0.1, 0.15) is 31.2 Å². The van der Waals surface area contributed by atoms with Gasteiger partial charge >= 0.3 is 0 Å². The van der Waals surface area contributed by atoms with Crippen LogP contribution in [0.15, 0.2) is 30.3 Å². The van der Waals surface area contributed by atoms with Crippen LogP contribution >= 0.6 is 12.4 Å². The summed E-state index contributed by atoms with van der Waals surface area (Å²) in [6.07, 6.45) is 5.41. The number of nitrogens with zero attached hydrogens (tertiary/aromatic N) is 2. The monoisotopic (exact) mass is 337 g/mol. The molecule has 1 aromatic carbocycles. The van der Waals surface area contributed by atoms with Crippen molar-refractivity contribution < 1.29 is 0 Å². The van der Waals surface area contributed by atoms with Gasteiger partial charge in [-0.25, -0.2) is 0 Å². The fourth-order valence-electron chi connectivity index (χ4n) is 4.00. The number of hydrogen-bond donors (Lipinski definition) is 1. The van der Waals surface area contributed by atoms with Crippen LogP contribution in [0.25, 0.3) is 0 Å². The Morgan fingerprint density at radius 1 is 1.13 bits per heavy atom. The summed E-state index contributed by atoms with van der Waals surface area (Å²) in [6.45, 7) is 7.31. The maximum Gasteiger partial charge on any atom is 0.0234 e. The molecule has 0 spiro atoms. The van der Waals surface area contributed by atoms with Crippen LogP contribution in [-0.2, 0) is 6.54 Å². The van der Waals surface area contributed by atoms with Crippen molar-refractivity contribution in [2.24, 2.45) is 5.92 Å². The highest BCUT2D eigenvalue weighted by molar-refractivity contribution is 5.85. The first-order valence-electron chi connectivity index (χ1n) is 8.98. The number of nitrogens with one attached hydrogen (secondary N) is 1. The van der Waals surface area contributed by atoms with Crippen LogP contribution in [0.3, 0.4) is 0 Å². The van der Waals surface area contributed by atoms with E-state index in [4.69, 9.17) is 0 Å². The molecule has 0 bridgehead atoms. The largest absolute Gasteiger partial charge is 0.317 e. The standard InChI is InChI=1S/C19H31N3.ClH/c1-21(14-18-9-11-20-12-10-18)19-8-5-13-22(16-19)15-17-6-3-2-4-7-17;/h2-4,6-7,18-20H,5,8-16H2,1H3;1H. The maximum absolute atomic E-state index is 3.48. The zero-order valence-corrected chi connectivity index (χ0v) is 15.2. The first kappa shape index (κ1) is 18.7. The topological polar surface area (TPSA) is 18.5 Å². The van der Waals surface area contributed by atoms with Crippen LogP contribution < -0.4 is 5.32 Å². The highest BCUT2D eigenvalue weighted by atomic mass is 35.5. The van der Waals surface area contributed by atoms with E-state index >= 15 is 0 Å². The zero-order chi connectivity index (χ0) is 15.2. The van der Waals surface area contributed by atoms with Crippen molar-refractivity contribution in [3.63, 3.8) is 0 Å². The molecule has 2 aliphatic rings. The van der Waals surface area contributed by atoms with E-state index in [2.05, 4.69) is 52.5 Å². The lowest BCUT2D eigenvalue weighted by Crippen LogP contribution is -2.48. The average molecular weight is 338 g/mol. The van der Waals surface area contributed by atoms with Gasteiger partial charge in [-0.1, -0.05) is 30.3 Å². The lowest BCUT2D eigenvalue weighted by atomic mass is 9.96. The molecule has 130 valence electrons. The quantitative estimate of drug-likeness (QED) is 0.891. The number of likely N-dealkylation sites (tertiary alicyclic amines) is 1. The van der Waals surface area contributed by atoms with Crippen molar-refractivity contribution in [2.75, 3.05) is 39.8 Å². The normalized spacial score (nSPS) is 23.7. The molecule has 2 heterocycles. The Hall–Kier alpha value is -0.610. The molecule has 3 rings (SSSR count). The summed E-state index contributed by atoms with van der Waals surface area (Å²) < 4.78 is 0. The minimum atomic E-state index is 0. The van der Waals surface area contributed by atoms with Gasteiger partial charge in [-0.2, -0.15) is 0 Å². The van der Waals surface area contributed by atoms with Gasteiger partial charge in [-0.05, 0) is 63.8 Å². The molecular weight excluding hydrogens is 306 g/mol. The van der Waals surface area contributed by atoms with E-state index in [1.807, 2.05) is 0 Å². The maximum atomic E-state index is 3.48. The van der Waals surface area contributed by atoms with Crippen molar-refractivity contribution in [2.45, 2.75) is 38.3 Å². The number of halogens is 1. The van der Waals surface area contributed by atoms with Gasteiger partial charge in [0.25, 0.3) is 0 Å². The third-order valence-corrected chi connectivity index (χ3v) is 5.36. The van der Waals surface area contributed by atoms with Crippen molar-refractivity contribution in [1.29, 1.82) is 0 Å². The van der Waals surface area contributed by atoms with Gasteiger partial charge in [0.1, 0.15) is 0 Å². The molecule has 2 saturated heterocycles. The van der Waals surface area contributed by atoms with Crippen LogP contribution in [0, 0.1) is 5.92 Å². The summed E-state index contributed by atoms with van der Waals surface area (Å²) in [5.41, 5.74) is 1.45. The predicted octanol–water partition coefficient (Wildman–Crippen LogP) is 3.00. The van der Waals surface area contributed by atoms with E-state index < -0.39 is 0 Å². The molecule has 0 amide bonds. The van der Waals surface area contributed by atoms with Gasteiger partial charge in [0.15, 0.2) is 0 Å². The lowest BCUT2D eigenvalue weighted by Gasteiger charge is -2.39. The van der Waals surface area contributed by atoms with E-state index in [0.29, 0.717) is 0 Å². The van der Waals surface area contributed by atoms with Gasteiger partial charge < -0.3 is 10.2 Å². The number of likely N-dealkylation sites (N-methyl/N-ethyl adjacent to an activating group) is 1. The van der Waals surface area contributed by atoms with E-state index in [1.54, 1.807) is 0 Å². The summed E-state index contributed by atoms with van der Waals surface area (Å²) >= 11 is 0. The first-order valence-corrected chi connectivity index (χ1v) is 8.98. The molecule has 1 N–H and O–H groups in total. The van der Waals surface area contributed by atoms with E-state index in [1.165, 1.54) is 64.0 Å². The minimum absolute atomic E-state index is 0. The molecule has 0 aromatic heterocycles. The molecule has 1 aromatic rings. The van der Waals surface area contributed by atoms with E-state index in [9.17, 15) is 0 Å². The molecule has 2 fully saturated rings. The molecule has 1 unspecified atom stereocenters. The van der Waals surface area contributed by atoms with Crippen molar-refractivity contribution >= 4 is 12.4 Å². The Labute approximate surface area is 147 Å². The van der Waals surface area contributed by atoms with Gasteiger partial charge in [-0.3, -0.25) is 4.90 Å². The Balaban J connectivity index is 0.00000192. The Kier molecular flexibility index (Phi) is 7.84. The molecule has 3 nitrogen and oxygen atoms in total. The third-order valence-electron chi connectivity index (χ3n) is 5.36. The molecule has 0 saturated carbocycles. The molecule has 2 aliphatic heterocycles. The van der Waals surface area contributed by atoms with E-state index in [0.717, 1.165) is 18.5 Å². The first-order chi connectivity index (χ1) is 10.8. The molecule has 0 radical (unpaired) electrons. The predicted molar refractivity (Wildman–Crippen MR) is 100 cm³/mol. The zero-order valence-electron chi connectivity index (χ0n) is 14.4. The van der Waals surface area contributed by atoms with Crippen LogP contribution in [0.5, 0.6) is 0 Å². The van der Waals surface area contributed by atoms with Gasteiger partial charge in [0, 0.05) is 25.7 Å². The van der Waals surface area contributed by atoms with Crippen LogP contribution in [0.2, 0.25) is 0 Å². The Morgan fingerprint density at radius 2 is 1.87 bits per heavy atom. The number of hydrogen-bond acceptors (Lipinski definition) is 3. The van der Waals surface area contributed by atoms with Gasteiger partial charge in [0.2, 0.25) is 0 Å². The SMILES string of the molecule is CN(CC1CCNCC1)C1CCCN(Cc2ccccc2)C1.Cl. The lowest BCUT2D eigenvalue weighted by molar-refractivity contribution is 0.0954. The summed E-state index contributed by atoms with van der Waals surface area (Å²) in [5.74, 6) is 0.899. The number of benzene rings is 1. The van der Waals surface area contributed by atoms with Crippen LogP contribution in [-0.4, -0.2) is 55.6 Å². The summed E-state index contributed by atoms with van der Waals surface area (Å²) in [6, 6.07) is 11.7. The fraction of sp³-hybridized carbons (Fsp3) is 0.684. The Morgan fingerprint density at radius 3 is 2.61 bits per heavy atom. The Bertz CT molecular complexity index is 434.